The number of esters is 1. The Morgan fingerprint density at radius 1 is 1.04 bits per heavy atom. The van der Waals surface area contributed by atoms with Crippen LogP contribution in [0.4, 0.5) is 5.69 Å². The fourth-order valence-corrected chi connectivity index (χ4v) is 3.19. The number of amides is 1. The van der Waals surface area contributed by atoms with Crippen molar-refractivity contribution in [3.8, 4) is 0 Å². The number of benzene rings is 2. The molecule has 2 aromatic carbocycles. The van der Waals surface area contributed by atoms with Gasteiger partial charge in [0.05, 0.1) is 5.56 Å². The zero-order chi connectivity index (χ0) is 18.7. The number of rotatable bonds is 3. The first-order valence-electron chi connectivity index (χ1n) is 9.02. The number of aryl methyl sites for hydroxylation is 1. The van der Waals surface area contributed by atoms with Gasteiger partial charge in [-0.2, -0.15) is 0 Å². The summed E-state index contributed by atoms with van der Waals surface area (Å²) in [7, 11) is 0. The van der Waals surface area contributed by atoms with Gasteiger partial charge in [-0.15, -0.1) is 0 Å². The smallest absolute Gasteiger partial charge is 0.338 e. The summed E-state index contributed by atoms with van der Waals surface area (Å²) in [5.41, 5.74) is 3.73. The van der Waals surface area contributed by atoms with E-state index >= 15 is 0 Å². The molecule has 0 spiro atoms. The molecule has 4 heteroatoms. The average Bonchev–Trinajstić information content (AvgIpc) is 2.64. The van der Waals surface area contributed by atoms with E-state index in [0.717, 1.165) is 29.7 Å². The Bertz CT molecular complexity index is 803. The maximum atomic E-state index is 12.5. The Balaban J connectivity index is 1.62. The molecule has 0 radical (unpaired) electrons. The van der Waals surface area contributed by atoms with Crippen LogP contribution in [0.1, 0.15) is 48.7 Å². The van der Waals surface area contributed by atoms with Gasteiger partial charge in [-0.1, -0.05) is 51.1 Å². The molecule has 0 saturated heterocycles. The van der Waals surface area contributed by atoms with Gasteiger partial charge in [0, 0.05) is 12.2 Å². The molecule has 1 aliphatic rings. The maximum Gasteiger partial charge on any atom is 0.338 e. The highest BCUT2D eigenvalue weighted by Crippen LogP contribution is 2.27. The molecular weight excluding hydrogens is 326 g/mol. The van der Waals surface area contributed by atoms with E-state index in [2.05, 4.69) is 20.8 Å². The third-order valence-electron chi connectivity index (χ3n) is 4.72. The van der Waals surface area contributed by atoms with Crippen LogP contribution in [0.15, 0.2) is 48.5 Å². The Labute approximate surface area is 154 Å². The van der Waals surface area contributed by atoms with Crippen molar-refractivity contribution in [3.05, 3.63) is 65.2 Å². The van der Waals surface area contributed by atoms with Gasteiger partial charge in [-0.05, 0) is 47.6 Å². The second-order valence-electron chi connectivity index (χ2n) is 7.68. The number of hydrogen-bond acceptors (Lipinski definition) is 3. The minimum atomic E-state index is -0.468. The number of carbonyl (C=O) groups excluding carboxylic acids is 2. The van der Waals surface area contributed by atoms with Crippen LogP contribution in [-0.2, 0) is 21.4 Å². The third kappa shape index (κ3) is 3.96. The molecule has 4 nitrogen and oxygen atoms in total. The Morgan fingerprint density at radius 3 is 2.42 bits per heavy atom. The lowest BCUT2D eigenvalue weighted by Gasteiger charge is -2.29. The minimum absolute atomic E-state index is 0.0278. The number of nitrogens with zero attached hydrogens (tertiary/aromatic N) is 1. The molecule has 0 fully saturated rings. The number of fused-ring (bicyclic) bond motifs is 1. The SMILES string of the molecule is CC(C)(C)c1ccc(C(=O)OCC(=O)N2CCCc3ccccc32)cc1. The minimum Gasteiger partial charge on any atom is -0.452 e. The molecule has 0 atom stereocenters. The summed E-state index contributed by atoms with van der Waals surface area (Å²) >= 11 is 0. The molecule has 1 heterocycles. The highest BCUT2D eigenvalue weighted by Gasteiger charge is 2.23. The molecular formula is C22H25NO3. The Kier molecular flexibility index (Phi) is 5.12. The predicted molar refractivity (Wildman–Crippen MR) is 103 cm³/mol. The summed E-state index contributed by atoms with van der Waals surface area (Å²) in [5.74, 6) is -0.652. The molecule has 0 aliphatic carbocycles. The van der Waals surface area contributed by atoms with Crippen LogP contribution in [0.3, 0.4) is 0 Å². The van der Waals surface area contributed by atoms with E-state index in [1.54, 1.807) is 17.0 Å². The quantitative estimate of drug-likeness (QED) is 0.782. The number of hydrogen-bond donors (Lipinski definition) is 0. The molecule has 0 unspecified atom stereocenters. The van der Waals surface area contributed by atoms with Gasteiger partial charge in [0.1, 0.15) is 0 Å². The van der Waals surface area contributed by atoms with E-state index in [-0.39, 0.29) is 17.9 Å². The summed E-state index contributed by atoms with van der Waals surface area (Å²) in [4.78, 5) is 26.5. The lowest BCUT2D eigenvalue weighted by Crippen LogP contribution is -2.38. The molecule has 2 aromatic rings. The van der Waals surface area contributed by atoms with Crippen LogP contribution < -0.4 is 4.90 Å². The number of ether oxygens (including phenoxy) is 1. The van der Waals surface area contributed by atoms with E-state index in [0.29, 0.717) is 12.1 Å². The van der Waals surface area contributed by atoms with Crippen molar-refractivity contribution in [1.29, 1.82) is 0 Å². The van der Waals surface area contributed by atoms with Gasteiger partial charge in [0.15, 0.2) is 6.61 Å². The average molecular weight is 351 g/mol. The number of anilines is 1. The summed E-state index contributed by atoms with van der Waals surface area (Å²) in [6.07, 6.45) is 1.89. The third-order valence-corrected chi connectivity index (χ3v) is 4.72. The fraction of sp³-hybridized carbons (Fsp3) is 0.364. The molecule has 0 saturated carbocycles. The van der Waals surface area contributed by atoms with Crippen molar-refractivity contribution in [2.45, 2.75) is 39.0 Å². The van der Waals surface area contributed by atoms with Gasteiger partial charge < -0.3 is 9.64 Å². The molecule has 0 N–H and O–H groups in total. The first-order valence-corrected chi connectivity index (χ1v) is 9.02. The van der Waals surface area contributed by atoms with Crippen LogP contribution >= 0.6 is 0 Å². The van der Waals surface area contributed by atoms with Gasteiger partial charge in [-0.25, -0.2) is 4.79 Å². The largest absolute Gasteiger partial charge is 0.452 e. The van der Waals surface area contributed by atoms with Gasteiger partial charge in [-0.3, -0.25) is 4.79 Å². The predicted octanol–water partition coefficient (Wildman–Crippen LogP) is 4.12. The molecule has 26 heavy (non-hydrogen) atoms. The van der Waals surface area contributed by atoms with Crippen LogP contribution in [0.25, 0.3) is 0 Å². The van der Waals surface area contributed by atoms with Gasteiger partial charge in [0.2, 0.25) is 0 Å². The van der Waals surface area contributed by atoms with E-state index in [1.165, 1.54) is 0 Å². The number of para-hydroxylation sites is 1. The van der Waals surface area contributed by atoms with E-state index in [9.17, 15) is 9.59 Å². The number of carbonyl (C=O) groups is 2. The second kappa shape index (κ2) is 7.32. The highest BCUT2D eigenvalue weighted by atomic mass is 16.5. The fourth-order valence-electron chi connectivity index (χ4n) is 3.19. The molecule has 1 aliphatic heterocycles. The zero-order valence-corrected chi connectivity index (χ0v) is 15.6. The molecule has 1 amide bonds. The Morgan fingerprint density at radius 2 is 1.73 bits per heavy atom. The van der Waals surface area contributed by atoms with E-state index < -0.39 is 5.97 Å². The first kappa shape index (κ1) is 18.2. The topological polar surface area (TPSA) is 46.6 Å². The molecule has 0 aromatic heterocycles. The summed E-state index contributed by atoms with van der Waals surface area (Å²) in [6, 6.07) is 15.3. The lowest BCUT2D eigenvalue weighted by atomic mass is 9.87. The standard InChI is InChI=1S/C22H25NO3/c1-22(2,3)18-12-10-17(11-13-18)21(25)26-15-20(24)23-14-6-8-16-7-4-5-9-19(16)23/h4-5,7,9-13H,6,8,14-15H2,1-3H3. The summed E-state index contributed by atoms with van der Waals surface area (Å²) in [6.45, 7) is 6.78. The monoisotopic (exact) mass is 351 g/mol. The van der Waals surface area contributed by atoms with Crippen molar-refractivity contribution in [3.63, 3.8) is 0 Å². The summed E-state index contributed by atoms with van der Waals surface area (Å²) < 4.78 is 5.25. The molecule has 136 valence electrons. The van der Waals surface area contributed by atoms with E-state index in [4.69, 9.17) is 4.74 Å². The zero-order valence-electron chi connectivity index (χ0n) is 15.6. The summed E-state index contributed by atoms with van der Waals surface area (Å²) in [5, 5.41) is 0. The van der Waals surface area contributed by atoms with Crippen LogP contribution in [0.5, 0.6) is 0 Å². The van der Waals surface area contributed by atoms with E-state index in [1.807, 2.05) is 36.4 Å². The first-order chi connectivity index (χ1) is 12.4. The van der Waals surface area contributed by atoms with Gasteiger partial charge >= 0.3 is 5.97 Å². The normalized spacial score (nSPS) is 13.9. The van der Waals surface area contributed by atoms with Gasteiger partial charge in [0.25, 0.3) is 5.91 Å². The molecule has 3 rings (SSSR count). The van der Waals surface area contributed by atoms with Crippen LogP contribution in [0, 0.1) is 0 Å². The van der Waals surface area contributed by atoms with Crippen molar-refractivity contribution in [2.75, 3.05) is 18.1 Å². The van der Waals surface area contributed by atoms with Crippen molar-refractivity contribution in [1.82, 2.24) is 0 Å². The Hall–Kier alpha value is -2.62. The van der Waals surface area contributed by atoms with Crippen molar-refractivity contribution >= 4 is 17.6 Å². The lowest BCUT2D eigenvalue weighted by molar-refractivity contribution is -0.121. The van der Waals surface area contributed by atoms with Crippen molar-refractivity contribution < 1.29 is 14.3 Å². The van der Waals surface area contributed by atoms with Crippen molar-refractivity contribution in [2.24, 2.45) is 0 Å². The second-order valence-corrected chi connectivity index (χ2v) is 7.68. The van der Waals surface area contributed by atoms with Crippen LogP contribution in [0.2, 0.25) is 0 Å². The molecule has 0 bridgehead atoms. The maximum absolute atomic E-state index is 12.5. The highest BCUT2D eigenvalue weighted by molar-refractivity contribution is 5.97. The van der Waals surface area contributed by atoms with Crippen LogP contribution in [-0.4, -0.2) is 25.0 Å².